The molecule has 0 atom stereocenters. The molecule has 5 aromatic carbocycles. The molecule has 2 aliphatic rings. The van der Waals surface area contributed by atoms with Gasteiger partial charge in [0, 0.05) is 0 Å². The highest BCUT2D eigenvalue weighted by Crippen LogP contribution is 2.38. The number of benzene rings is 5. The van der Waals surface area contributed by atoms with E-state index in [0.717, 1.165) is 66.8 Å². The monoisotopic (exact) mass is 446 g/mol. The molecule has 0 saturated heterocycles. The van der Waals surface area contributed by atoms with Crippen molar-refractivity contribution >= 4 is 21.5 Å². The highest BCUT2D eigenvalue weighted by atomic mass is 16.5. The zero-order valence-corrected chi connectivity index (χ0v) is 18.5. The van der Waals surface area contributed by atoms with E-state index >= 15 is 0 Å². The highest BCUT2D eigenvalue weighted by Gasteiger charge is 2.20. The molecule has 0 saturated carbocycles. The van der Waals surface area contributed by atoms with Crippen LogP contribution in [-0.4, -0.2) is 0 Å². The van der Waals surface area contributed by atoms with Gasteiger partial charge in [-0.15, -0.1) is 0 Å². The summed E-state index contributed by atoms with van der Waals surface area (Å²) in [5, 5.41) is 4.56. The highest BCUT2D eigenvalue weighted by molar-refractivity contribution is 5.87. The quantitative estimate of drug-likeness (QED) is 0.258. The van der Waals surface area contributed by atoms with Gasteiger partial charge in [-0.05, 0) is 80.2 Å². The van der Waals surface area contributed by atoms with Crippen molar-refractivity contribution in [3.05, 3.63) is 107 Å². The van der Waals surface area contributed by atoms with Gasteiger partial charge in [0.1, 0.15) is 26.4 Å². The van der Waals surface area contributed by atoms with Gasteiger partial charge < -0.3 is 18.9 Å². The minimum Gasteiger partial charge on any atom is -0.485 e. The lowest BCUT2D eigenvalue weighted by molar-refractivity contribution is 0.229. The van der Waals surface area contributed by atoms with E-state index in [-0.39, 0.29) is 0 Å². The predicted molar refractivity (Wildman–Crippen MR) is 132 cm³/mol. The smallest absolute Gasteiger partial charge is 0.162 e. The third kappa shape index (κ3) is 3.30. The second-order valence-corrected chi connectivity index (χ2v) is 8.84. The Labute approximate surface area is 197 Å². The minimum absolute atomic E-state index is 0.486. The molecular weight excluding hydrogens is 424 g/mol. The summed E-state index contributed by atoms with van der Waals surface area (Å²) in [7, 11) is 0. The maximum Gasteiger partial charge on any atom is 0.162 e. The fourth-order valence-electron chi connectivity index (χ4n) is 4.80. The van der Waals surface area contributed by atoms with Crippen LogP contribution in [0, 0.1) is 0 Å². The number of hydrogen-bond acceptors (Lipinski definition) is 4. The molecule has 7 rings (SSSR count). The molecule has 2 aliphatic heterocycles. The molecule has 0 amide bonds. The summed E-state index contributed by atoms with van der Waals surface area (Å²) in [6.45, 7) is 1.94. The van der Waals surface area contributed by atoms with Gasteiger partial charge >= 0.3 is 0 Å². The summed E-state index contributed by atoms with van der Waals surface area (Å²) in [6, 6.07) is 29.1. The average Bonchev–Trinajstić information content (AvgIpc) is 2.86. The third-order valence-electron chi connectivity index (χ3n) is 6.68. The Kier molecular flexibility index (Phi) is 4.37. The van der Waals surface area contributed by atoms with Crippen LogP contribution >= 0.6 is 0 Å². The Morgan fingerprint density at radius 1 is 0.353 bits per heavy atom. The zero-order valence-electron chi connectivity index (χ0n) is 18.5. The van der Waals surface area contributed by atoms with Gasteiger partial charge in [-0.3, -0.25) is 0 Å². The maximum absolute atomic E-state index is 6.22. The molecule has 0 bridgehead atoms. The van der Waals surface area contributed by atoms with Crippen molar-refractivity contribution in [2.45, 2.75) is 26.4 Å². The minimum atomic E-state index is 0.486. The second kappa shape index (κ2) is 7.70. The Hall–Kier alpha value is -4.18. The normalized spacial score (nSPS) is 14.4. The Balaban J connectivity index is 1.21. The number of ether oxygens (including phenoxy) is 4. The summed E-state index contributed by atoms with van der Waals surface area (Å²) >= 11 is 0. The van der Waals surface area contributed by atoms with Crippen LogP contribution in [0.4, 0.5) is 0 Å². The van der Waals surface area contributed by atoms with Crippen LogP contribution in [0.1, 0.15) is 22.3 Å². The number of hydrogen-bond donors (Lipinski definition) is 0. The van der Waals surface area contributed by atoms with Crippen LogP contribution in [0.3, 0.4) is 0 Å². The van der Waals surface area contributed by atoms with Crippen LogP contribution in [-0.2, 0) is 26.4 Å². The van der Waals surface area contributed by atoms with Crippen molar-refractivity contribution < 1.29 is 18.9 Å². The molecule has 0 aliphatic carbocycles. The van der Waals surface area contributed by atoms with Crippen LogP contribution in [0.5, 0.6) is 23.0 Å². The van der Waals surface area contributed by atoms with Crippen LogP contribution in [0.25, 0.3) is 21.5 Å². The average molecular weight is 447 g/mol. The van der Waals surface area contributed by atoms with Crippen LogP contribution < -0.4 is 18.9 Å². The first-order valence-corrected chi connectivity index (χ1v) is 11.5. The molecule has 2 heterocycles. The Bertz CT molecular complexity index is 1340. The van der Waals surface area contributed by atoms with Gasteiger partial charge in [-0.1, -0.05) is 48.5 Å². The Morgan fingerprint density at radius 2 is 0.618 bits per heavy atom. The lowest BCUT2D eigenvalue weighted by Gasteiger charge is -2.24. The molecule has 0 fully saturated rings. The molecule has 4 heteroatoms. The van der Waals surface area contributed by atoms with Gasteiger partial charge in [-0.25, -0.2) is 0 Å². The lowest BCUT2D eigenvalue weighted by atomic mass is 9.98. The molecule has 0 spiro atoms. The van der Waals surface area contributed by atoms with E-state index < -0.39 is 0 Å². The molecule has 166 valence electrons. The summed E-state index contributed by atoms with van der Waals surface area (Å²) in [4.78, 5) is 0. The summed E-state index contributed by atoms with van der Waals surface area (Å²) in [5.74, 6) is 3.10. The third-order valence-corrected chi connectivity index (χ3v) is 6.68. The van der Waals surface area contributed by atoms with E-state index in [9.17, 15) is 0 Å². The van der Waals surface area contributed by atoms with Crippen molar-refractivity contribution in [3.63, 3.8) is 0 Å². The zero-order chi connectivity index (χ0) is 22.5. The van der Waals surface area contributed by atoms with E-state index in [0.29, 0.717) is 26.4 Å². The van der Waals surface area contributed by atoms with Crippen molar-refractivity contribution in [2.75, 3.05) is 0 Å². The van der Waals surface area contributed by atoms with Crippen LogP contribution in [0.2, 0.25) is 0 Å². The standard InChI is InChI=1S/C30H22O4/c1-2-6-20-12-28-27(11-19(20)5-1)31-15-23-9-25-17-33-29-13-21-7-3-4-8-22(21)14-30(29)34-18-26(25)10-24(23)16-32-28/h1-14H,15-18H2. The van der Waals surface area contributed by atoms with Gasteiger partial charge in [0.05, 0.1) is 0 Å². The molecule has 0 N–H and O–H groups in total. The van der Waals surface area contributed by atoms with Gasteiger partial charge in [0.25, 0.3) is 0 Å². The first-order valence-electron chi connectivity index (χ1n) is 11.5. The van der Waals surface area contributed by atoms with Gasteiger partial charge in [0.15, 0.2) is 23.0 Å². The molecule has 5 aromatic rings. The molecule has 4 nitrogen and oxygen atoms in total. The van der Waals surface area contributed by atoms with E-state index in [1.807, 2.05) is 24.3 Å². The summed E-state index contributed by atoms with van der Waals surface area (Å²) in [5.41, 5.74) is 4.45. The fraction of sp³-hybridized carbons (Fsp3) is 0.133. The SMILES string of the molecule is c1ccc2cc3c(cc2c1)OCc1cc2c(cc1CO3)COc1cc3ccccc3cc1OC2. The van der Waals surface area contributed by atoms with E-state index in [1.54, 1.807) is 0 Å². The topological polar surface area (TPSA) is 36.9 Å². The molecule has 0 unspecified atom stereocenters. The predicted octanol–water partition coefficient (Wildman–Crippen LogP) is 6.94. The maximum atomic E-state index is 6.22. The van der Waals surface area contributed by atoms with Gasteiger partial charge in [0.2, 0.25) is 0 Å². The summed E-state index contributed by atoms with van der Waals surface area (Å²) in [6.07, 6.45) is 0. The second-order valence-electron chi connectivity index (χ2n) is 8.84. The van der Waals surface area contributed by atoms with Crippen molar-refractivity contribution in [3.8, 4) is 23.0 Å². The number of rotatable bonds is 0. The van der Waals surface area contributed by atoms with Crippen molar-refractivity contribution in [1.29, 1.82) is 0 Å². The van der Waals surface area contributed by atoms with Crippen molar-refractivity contribution in [2.24, 2.45) is 0 Å². The summed E-state index contributed by atoms with van der Waals surface area (Å²) < 4.78 is 24.9. The largest absolute Gasteiger partial charge is 0.485 e. The van der Waals surface area contributed by atoms with Crippen molar-refractivity contribution in [1.82, 2.24) is 0 Å². The molecule has 34 heavy (non-hydrogen) atoms. The molecule has 0 aromatic heterocycles. The van der Waals surface area contributed by atoms with Gasteiger partial charge in [-0.2, -0.15) is 0 Å². The molecule has 0 radical (unpaired) electrons. The van der Waals surface area contributed by atoms with Crippen LogP contribution in [0.15, 0.2) is 84.9 Å². The fourth-order valence-corrected chi connectivity index (χ4v) is 4.80. The first-order chi connectivity index (χ1) is 16.8. The number of fused-ring (bicyclic) bond motifs is 6. The van der Waals surface area contributed by atoms with E-state index in [1.165, 1.54) is 0 Å². The Morgan fingerprint density at radius 3 is 0.882 bits per heavy atom. The van der Waals surface area contributed by atoms with E-state index in [4.69, 9.17) is 18.9 Å². The molecular formula is C30H22O4. The lowest BCUT2D eigenvalue weighted by Crippen LogP contribution is -2.14. The first kappa shape index (κ1) is 19.3. The van der Waals surface area contributed by atoms with E-state index in [2.05, 4.69) is 60.7 Å².